The number of halogens is 2. The van der Waals surface area contributed by atoms with Crippen LogP contribution in [-0.2, 0) is 6.54 Å². The molecule has 0 fully saturated rings. The second-order valence-electron chi connectivity index (χ2n) is 3.94. The number of nitrogens with one attached hydrogen (secondary N) is 1. The van der Waals surface area contributed by atoms with Crippen molar-refractivity contribution in [3.05, 3.63) is 18.2 Å². The van der Waals surface area contributed by atoms with Crippen LogP contribution in [0.15, 0.2) is 12.4 Å². The Labute approximate surface area is 86.9 Å². The van der Waals surface area contributed by atoms with Crippen molar-refractivity contribution in [3.8, 4) is 0 Å². The van der Waals surface area contributed by atoms with Crippen molar-refractivity contribution in [1.29, 1.82) is 0 Å². The summed E-state index contributed by atoms with van der Waals surface area (Å²) >= 11 is 0. The Bertz CT molecular complexity index is 307. The van der Waals surface area contributed by atoms with Gasteiger partial charge in [-0.05, 0) is 13.8 Å². The fourth-order valence-corrected chi connectivity index (χ4v) is 1.14. The number of hydrogen-bond donors (Lipinski definition) is 2. The second kappa shape index (κ2) is 4.67. The predicted molar refractivity (Wildman–Crippen MR) is 51.5 cm³/mol. The van der Waals surface area contributed by atoms with Gasteiger partial charge in [-0.1, -0.05) is 0 Å². The van der Waals surface area contributed by atoms with Gasteiger partial charge >= 0.3 is 6.55 Å². The van der Waals surface area contributed by atoms with E-state index >= 15 is 0 Å². The van der Waals surface area contributed by atoms with Crippen LogP contribution in [0.1, 0.15) is 26.2 Å². The molecule has 86 valence electrons. The van der Waals surface area contributed by atoms with Crippen LogP contribution in [0.4, 0.5) is 8.78 Å². The molecule has 1 rings (SSSR count). The molecule has 1 aromatic rings. The van der Waals surface area contributed by atoms with Crippen molar-refractivity contribution >= 4 is 0 Å². The number of rotatable bonds is 5. The minimum absolute atomic E-state index is 0.210. The van der Waals surface area contributed by atoms with Gasteiger partial charge in [0.1, 0.15) is 5.82 Å². The summed E-state index contributed by atoms with van der Waals surface area (Å²) < 4.78 is 25.5. The lowest BCUT2D eigenvalue weighted by molar-refractivity contribution is 0.0645. The molecule has 0 bridgehead atoms. The highest BCUT2D eigenvalue weighted by molar-refractivity contribution is 4.92. The number of alkyl halides is 2. The van der Waals surface area contributed by atoms with Gasteiger partial charge in [0, 0.05) is 18.9 Å². The Hall–Kier alpha value is -1.01. The van der Waals surface area contributed by atoms with E-state index in [1.165, 1.54) is 12.4 Å². The Morgan fingerprint density at radius 1 is 1.60 bits per heavy atom. The van der Waals surface area contributed by atoms with E-state index in [-0.39, 0.29) is 12.4 Å². The van der Waals surface area contributed by atoms with Gasteiger partial charge in [-0.3, -0.25) is 4.57 Å². The average molecular weight is 219 g/mol. The molecular formula is C9H15F2N3O. The summed E-state index contributed by atoms with van der Waals surface area (Å²) in [6, 6.07) is 0. The van der Waals surface area contributed by atoms with Crippen LogP contribution in [0, 0.1) is 0 Å². The number of nitrogens with zero attached hydrogens (tertiary/aromatic N) is 2. The third-order valence-corrected chi connectivity index (χ3v) is 1.80. The fourth-order valence-electron chi connectivity index (χ4n) is 1.14. The smallest absolute Gasteiger partial charge is 0.319 e. The SMILES string of the molecule is CC(C)(O)CNCc1nccn1C(F)F. The zero-order valence-electron chi connectivity index (χ0n) is 8.74. The molecule has 0 saturated heterocycles. The van der Waals surface area contributed by atoms with Crippen LogP contribution >= 0.6 is 0 Å². The molecule has 0 spiro atoms. The molecule has 6 heteroatoms. The minimum atomic E-state index is -2.58. The van der Waals surface area contributed by atoms with Crippen molar-refractivity contribution in [2.24, 2.45) is 0 Å². The molecule has 2 N–H and O–H groups in total. The summed E-state index contributed by atoms with van der Waals surface area (Å²) in [5.41, 5.74) is -0.859. The molecule has 1 heterocycles. The largest absolute Gasteiger partial charge is 0.389 e. The first-order valence-electron chi connectivity index (χ1n) is 4.63. The van der Waals surface area contributed by atoms with Crippen molar-refractivity contribution in [2.75, 3.05) is 6.54 Å². The van der Waals surface area contributed by atoms with Gasteiger partial charge < -0.3 is 10.4 Å². The molecule has 15 heavy (non-hydrogen) atoms. The van der Waals surface area contributed by atoms with Crippen LogP contribution in [0.25, 0.3) is 0 Å². The van der Waals surface area contributed by atoms with E-state index < -0.39 is 12.2 Å². The predicted octanol–water partition coefficient (Wildman–Crippen LogP) is 1.14. The highest BCUT2D eigenvalue weighted by Gasteiger charge is 2.14. The highest BCUT2D eigenvalue weighted by atomic mass is 19.3. The topological polar surface area (TPSA) is 50.1 Å². The van der Waals surface area contributed by atoms with Crippen LogP contribution in [-0.4, -0.2) is 26.8 Å². The molecule has 0 aliphatic rings. The molecule has 0 atom stereocenters. The third-order valence-electron chi connectivity index (χ3n) is 1.80. The van der Waals surface area contributed by atoms with Crippen LogP contribution in [0.5, 0.6) is 0 Å². The van der Waals surface area contributed by atoms with E-state index in [9.17, 15) is 13.9 Å². The van der Waals surface area contributed by atoms with Gasteiger partial charge in [-0.15, -0.1) is 0 Å². The summed E-state index contributed by atoms with van der Waals surface area (Å²) in [6.45, 7) is 1.23. The molecule has 0 aromatic carbocycles. The van der Waals surface area contributed by atoms with E-state index in [0.29, 0.717) is 6.54 Å². The Balaban J connectivity index is 2.47. The minimum Gasteiger partial charge on any atom is -0.389 e. The monoisotopic (exact) mass is 219 g/mol. The third kappa shape index (κ3) is 3.93. The molecule has 0 saturated carbocycles. The molecule has 0 aliphatic carbocycles. The Morgan fingerprint density at radius 3 is 2.80 bits per heavy atom. The van der Waals surface area contributed by atoms with Crippen molar-refractivity contribution in [1.82, 2.24) is 14.9 Å². The highest BCUT2D eigenvalue weighted by Crippen LogP contribution is 2.12. The van der Waals surface area contributed by atoms with E-state index in [2.05, 4.69) is 10.3 Å². The van der Waals surface area contributed by atoms with E-state index in [0.717, 1.165) is 4.57 Å². The van der Waals surface area contributed by atoms with Gasteiger partial charge in [0.05, 0.1) is 12.1 Å². The first-order chi connectivity index (χ1) is 6.90. The van der Waals surface area contributed by atoms with E-state index in [1.54, 1.807) is 13.8 Å². The molecule has 0 aliphatic heterocycles. The van der Waals surface area contributed by atoms with Crippen LogP contribution in [0.2, 0.25) is 0 Å². The summed E-state index contributed by atoms with van der Waals surface area (Å²) in [6.07, 6.45) is 2.55. The van der Waals surface area contributed by atoms with Crippen LogP contribution < -0.4 is 5.32 Å². The lowest BCUT2D eigenvalue weighted by Crippen LogP contribution is -2.34. The van der Waals surface area contributed by atoms with E-state index in [1.807, 2.05) is 0 Å². The first-order valence-corrected chi connectivity index (χ1v) is 4.63. The van der Waals surface area contributed by atoms with E-state index in [4.69, 9.17) is 0 Å². The maximum absolute atomic E-state index is 12.4. The average Bonchev–Trinajstić information content (AvgIpc) is 2.49. The molecule has 1 aromatic heterocycles. The van der Waals surface area contributed by atoms with Crippen molar-refractivity contribution in [3.63, 3.8) is 0 Å². The Kier molecular flexibility index (Phi) is 3.76. The van der Waals surface area contributed by atoms with Gasteiger partial charge in [0.25, 0.3) is 0 Å². The van der Waals surface area contributed by atoms with Gasteiger partial charge in [-0.25, -0.2) is 4.98 Å². The normalized spacial score (nSPS) is 12.4. The number of aliphatic hydroxyl groups is 1. The zero-order chi connectivity index (χ0) is 11.5. The quantitative estimate of drug-likeness (QED) is 0.780. The second-order valence-corrected chi connectivity index (χ2v) is 3.94. The molecule has 4 nitrogen and oxygen atoms in total. The number of aromatic nitrogens is 2. The lowest BCUT2D eigenvalue weighted by atomic mass is 10.1. The maximum atomic E-state index is 12.4. The van der Waals surface area contributed by atoms with Gasteiger partial charge in [0.15, 0.2) is 0 Å². The van der Waals surface area contributed by atoms with Gasteiger partial charge in [-0.2, -0.15) is 8.78 Å². The summed E-state index contributed by atoms with van der Waals surface area (Å²) in [5, 5.41) is 12.2. The summed E-state index contributed by atoms with van der Waals surface area (Å²) in [7, 11) is 0. The summed E-state index contributed by atoms with van der Waals surface area (Å²) in [5.74, 6) is 0.259. The van der Waals surface area contributed by atoms with Crippen molar-refractivity contribution in [2.45, 2.75) is 32.5 Å². The molecule has 0 radical (unpaired) electrons. The molecular weight excluding hydrogens is 204 g/mol. The first kappa shape index (κ1) is 12.1. The molecule has 0 unspecified atom stereocenters. The summed E-state index contributed by atoms with van der Waals surface area (Å²) in [4.78, 5) is 3.80. The fraction of sp³-hybridized carbons (Fsp3) is 0.667. The molecule has 0 amide bonds. The maximum Gasteiger partial charge on any atom is 0.319 e. The van der Waals surface area contributed by atoms with Crippen LogP contribution in [0.3, 0.4) is 0 Å². The number of hydrogen-bond acceptors (Lipinski definition) is 3. The standard InChI is InChI=1S/C9H15F2N3O/c1-9(2,15)6-12-5-7-13-3-4-14(7)8(10)11/h3-4,8,12,15H,5-6H2,1-2H3. The van der Waals surface area contributed by atoms with Gasteiger partial charge in [0.2, 0.25) is 0 Å². The zero-order valence-corrected chi connectivity index (χ0v) is 8.74. The lowest BCUT2D eigenvalue weighted by Gasteiger charge is -2.17. The number of imidazole rings is 1. The van der Waals surface area contributed by atoms with Crippen molar-refractivity contribution < 1.29 is 13.9 Å². The Morgan fingerprint density at radius 2 is 2.27 bits per heavy atom.